The molecule has 0 bridgehead atoms. The average Bonchev–Trinajstić information content (AvgIpc) is 2.87. The Hall–Kier alpha value is -2.37. The van der Waals surface area contributed by atoms with E-state index in [0.717, 1.165) is 12.0 Å². The normalized spacial score (nSPS) is 21.1. The van der Waals surface area contributed by atoms with Crippen molar-refractivity contribution in [3.8, 4) is 0 Å². The molecule has 2 fully saturated rings. The van der Waals surface area contributed by atoms with Gasteiger partial charge in [0, 0.05) is 50.2 Å². The lowest BCUT2D eigenvalue weighted by atomic mass is 10.1. The lowest BCUT2D eigenvalue weighted by Crippen LogP contribution is -2.44. The first kappa shape index (κ1) is 20.4. The number of nitrogens with zero attached hydrogens (tertiary/aromatic N) is 3. The highest BCUT2D eigenvalue weighted by atomic mass is 16.2. The highest BCUT2D eigenvalue weighted by Gasteiger charge is 2.41. The fraction of sp³-hybridized carbons (Fsp3) is 0.591. The number of carbonyl (C=O) groups excluding carboxylic acids is 3. The Balaban J connectivity index is 1.61. The monoisotopic (exact) mass is 385 g/mol. The summed E-state index contributed by atoms with van der Waals surface area (Å²) >= 11 is 0. The number of hydrogen-bond donors (Lipinski definition) is 0. The summed E-state index contributed by atoms with van der Waals surface area (Å²) in [5.41, 5.74) is 1.50. The van der Waals surface area contributed by atoms with Gasteiger partial charge in [-0.1, -0.05) is 17.7 Å². The molecule has 1 aromatic rings. The molecule has 1 aromatic carbocycles. The largest absolute Gasteiger partial charge is 0.341 e. The van der Waals surface area contributed by atoms with Crippen molar-refractivity contribution in [1.82, 2.24) is 14.7 Å². The number of hydrogen-bond acceptors (Lipinski definition) is 3. The second kappa shape index (κ2) is 7.94. The predicted octanol–water partition coefficient (Wildman–Crippen LogP) is 2.32. The SMILES string of the molecule is Cc1cccc(C(=O)N2CCCN(C(=O)C3CC(=O)N(C(C)(C)C)C3)CC2)c1. The molecular formula is C22H31N3O3. The molecular weight excluding hydrogens is 354 g/mol. The van der Waals surface area contributed by atoms with E-state index in [2.05, 4.69) is 0 Å². The van der Waals surface area contributed by atoms with Gasteiger partial charge in [0.1, 0.15) is 0 Å². The van der Waals surface area contributed by atoms with Crippen molar-refractivity contribution in [2.24, 2.45) is 5.92 Å². The molecule has 0 saturated carbocycles. The van der Waals surface area contributed by atoms with E-state index >= 15 is 0 Å². The van der Waals surface area contributed by atoms with Crippen LogP contribution in [0.25, 0.3) is 0 Å². The highest BCUT2D eigenvalue weighted by molar-refractivity contribution is 5.94. The van der Waals surface area contributed by atoms with Crippen LogP contribution < -0.4 is 0 Å². The van der Waals surface area contributed by atoms with Crippen LogP contribution in [0, 0.1) is 12.8 Å². The van der Waals surface area contributed by atoms with Crippen LogP contribution in [0.3, 0.4) is 0 Å². The predicted molar refractivity (Wildman–Crippen MR) is 108 cm³/mol. The van der Waals surface area contributed by atoms with E-state index in [1.807, 2.05) is 61.8 Å². The average molecular weight is 386 g/mol. The summed E-state index contributed by atoms with van der Waals surface area (Å²) in [6, 6.07) is 7.62. The third kappa shape index (κ3) is 4.37. The fourth-order valence-electron chi connectivity index (χ4n) is 4.08. The molecule has 0 N–H and O–H groups in total. The number of rotatable bonds is 2. The first-order valence-electron chi connectivity index (χ1n) is 10.1. The summed E-state index contributed by atoms with van der Waals surface area (Å²) in [4.78, 5) is 43.6. The smallest absolute Gasteiger partial charge is 0.253 e. The summed E-state index contributed by atoms with van der Waals surface area (Å²) in [7, 11) is 0. The zero-order valence-electron chi connectivity index (χ0n) is 17.4. The zero-order chi connectivity index (χ0) is 20.5. The molecule has 1 atom stereocenters. The van der Waals surface area contributed by atoms with E-state index in [9.17, 15) is 14.4 Å². The maximum absolute atomic E-state index is 13.0. The van der Waals surface area contributed by atoms with E-state index in [4.69, 9.17) is 0 Å². The molecule has 3 rings (SSSR count). The number of carbonyl (C=O) groups is 3. The molecule has 152 valence electrons. The van der Waals surface area contributed by atoms with Crippen molar-refractivity contribution in [1.29, 1.82) is 0 Å². The Kier molecular flexibility index (Phi) is 5.77. The van der Waals surface area contributed by atoms with Crippen molar-refractivity contribution < 1.29 is 14.4 Å². The number of amides is 3. The summed E-state index contributed by atoms with van der Waals surface area (Å²) in [5.74, 6) is -0.152. The maximum atomic E-state index is 13.0. The Labute approximate surface area is 167 Å². The molecule has 6 nitrogen and oxygen atoms in total. The van der Waals surface area contributed by atoms with Gasteiger partial charge in [0.2, 0.25) is 11.8 Å². The molecule has 2 aliphatic heterocycles. The molecule has 6 heteroatoms. The summed E-state index contributed by atoms with van der Waals surface area (Å²) < 4.78 is 0. The second-order valence-electron chi connectivity index (χ2n) is 8.92. The van der Waals surface area contributed by atoms with Gasteiger partial charge in [-0.3, -0.25) is 14.4 Å². The van der Waals surface area contributed by atoms with Crippen molar-refractivity contribution >= 4 is 17.7 Å². The van der Waals surface area contributed by atoms with Gasteiger partial charge in [0.25, 0.3) is 5.91 Å². The van der Waals surface area contributed by atoms with Crippen molar-refractivity contribution in [2.45, 2.75) is 46.1 Å². The van der Waals surface area contributed by atoms with E-state index in [0.29, 0.717) is 44.7 Å². The van der Waals surface area contributed by atoms with Crippen LogP contribution in [0.4, 0.5) is 0 Å². The van der Waals surface area contributed by atoms with Crippen molar-refractivity contribution in [3.63, 3.8) is 0 Å². The van der Waals surface area contributed by atoms with Crippen LogP contribution in [0.2, 0.25) is 0 Å². The molecule has 0 aliphatic carbocycles. The van der Waals surface area contributed by atoms with Gasteiger partial charge >= 0.3 is 0 Å². The van der Waals surface area contributed by atoms with E-state index in [1.165, 1.54) is 0 Å². The molecule has 0 radical (unpaired) electrons. The minimum atomic E-state index is -0.272. The third-order valence-electron chi connectivity index (χ3n) is 5.64. The first-order valence-corrected chi connectivity index (χ1v) is 10.1. The molecule has 0 spiro atoms. The van der Waals surface area contributed by atoms with Crippen molar-refractivity contribution in [2.75, 3.05) is 32.7 Å². The Morgan fingerprint density at radius 3 is 2.36 bits per heavy atom. The minimum Gasteiger partial charge on any atom is -0.341 e. The van der Waals surface area contributed by atoms with Gasteiger partial charge < -0.3 is 14.7 Å². The van der Waals surface area contributed by atoms with Gasteiger partial charge in [-0.15, -0.1) is 0 Å². The van der Waals surface area contributed by atoms with E-state index in [1.54, 1.807) is 4.90 Å². The maximum Gasteiger partial charge on any atom is 0.253 e. The van der Waals surface area contributed by atoms with Crippen LogP contribution in [-0.4, -0.2) is 70.7 Å². The van der Waals surface area contributed by atoms with Crippen LogP contribution in [0.5, 0.6) is 0 Å². The van der Waals surface area contributed by atoms with Gasteiger partial charge in [0.15, 0.2) is 0 Å². The fourth-order valence-corrected chi connectivity index (χ4v) is 4.08. The number of benzene rings is 1. The van der Waals surface area contributed by atoms with Gasteiger partial charge in [0.05, 0.1) is 5.92 Å². The number of aryl methyl sites for hydroxylation is 1. The van der Waals surface area contributed by atoms with Crippen molar-refractivity contribution in [3.05, 3.63) is 35.4 Å². The first-order chi connectivity index (χ1) is 13.2. The Morgan fingerprint density at radius 1 is 1.04 bits per heavy atom. The molecule has 2 aliphatic rings. The standard InChI is InChI=1S/C22H31N3O3/c1-16-7-5-8-17(13-16)20(27)23-9-6-10-24(12-11-23)21(28)18-14-19(26)25(15-18)22(2,3)4/h5,7-8,13,18H,6,9-12,14-15H2,1-4H3. The molecule has 1 unspecified atom stereocenters. The second-order valence-corrected chi connectivity index (χ2v) is 8.92. The van der Waals surface area contributed by atoms with Crippen LogP contribution in [0.1, 0.15) is 49.5 Å². The van der Waals surface area contributed by atoms with Gasteiger partial charge in [-0.25, -0.2) is 0 Å². The van der Waals surface area contributed by atoms with Crippen LogP contribution >= 0.6 is 0 Å². The third-order valence-corrected chi connectivity index (χ3v) is 5.64. The summed E-state index contributed by atoms with van der Waals surface area (Å²) in [5, 5.41) is 0. The lowest BCUT2D eigenvalue weighted by molar-refractivity contribution is -0.135. The molecule has 3 amide bonds. The van der Waals surface area contributed by atoms with E-state index < -0.39 is 0 Å². The van der Waals surface area contributed by atoms with E-state index in [-0.39, 0.29) is 29.2 Å². The summed E-state index contributed by atoms with van der Waals surface area (Å²) in [6.45, 7) is 10.8. The summed E-state index contributed by atoms with van der Waals surface area (Å²) in [6.07, 6.45) is 1.05. The molecule has 2 heterocycles. The lowest BCUT2D eigenvalue weighted by Gasteiger charge is -2.32. The topological polar surface area (TPSA) is 60.9 Å². The molecule has 0 aromatic heterocycles. The van der Waals surface area contributed by atoms with Crippen LogP contribution in [-0.2, 0) is 9.59 Å². The van der Waals surface area contributed by atoms with Gasteiger partial charge in [-0.2, -0.15) is 0 Å². The minimum absolute atomic E-state index is 0.0213. The van der Waals surface area contributed by atoms with Gasteiger partial charge in [-0.05, 0) is 46.2 Å². The quantitative estimate of drug-likeness (QED) is 0.785. The highest BCUT2D eigenvalue weighted by Crippen LogP contribution is 2.27. The zero-order valence-corrected chi connectivity index (χ0v) is 17.4. The Bertz CT molecular complexity index is 769. The Morgan fingerprint density at radius 2 is 1.71 bits per heavy atom. The molecule has 2 saturated heterocycles. The number of likely N-dealkylation sites (tertiary alicyclic amines) is 1. The van der Waals surface area contributed by atoms with Crippen LogP contribution in [0.15, 0.2) is 24.3 Å². The molecule has 28 heavy (non-hydrogen) atoms.